The van der Waals surface area contributed by atoms with E-state index in [9.17, 15) is 13.2 Å². The van der Waals surface area contributed by atoms with E-state index in [1.165, 1.54) is 17.6 Å². The molecule has 0 saturated carbocycles. The molecule has 1 aliphatic heterocycles. The lowest BCUT2D eigenvalue weighted by Crippen LogP contribution is -2.40. The number of likely N-dealkylation sites (tertiary alicyclic amines) is 1. The molecule has 0 unspecified atom stereocenters. The zero-order valence-corrected chi connectivity index (χ0v) is 25.7. The third kappa shape index (κ3) is 6.98. The summed E-state index contributed by atoms with van der Waals surface area (Å²) >= 11 is 14.1. The van der Waals surface area contributed by atoms with E-state index < -0.39 is 21.8 Å². The molecule has 218 valence electrons. The molecule has 1 fully saturated rings. The maximum atomic E-state index is 12.3. The second-order valence-electron chi connectivity index (χ2n) is 10.1. The quantitative estimate of drug-likeness (QED) is 0.243. The van der Waals surface area contributed by atoms with E-state index in [0.717, 1.165) is 42.0 Å². The van der Waals surface area contributed by atoms with Crippen molar-refractivity contribution in [1.29, 1.82) is 0 Å². The Morgan fingerprint density at radius 1 is 1.17 bits per heavy atom. The summed E-state index contributed by atoms with van der Waals surface area (Å²) in [5.74, 6) is 0.465. The fourth-order valence-electron chi connectivity index (χ4n) is 4.81. The van der Waals surface area contributed by atoms with Crippen LogP contribution in [0.5, 0.6) is 11.5 Å². The van der Waals surface area contributed by atoms with Gasteiger partial charge in [0.05, 0.1) is 21.8 Å². The lowest BCUT2D eigenvalue weighted by atomic mass is 10.1. The molecule has 13 heteroatoms. The Hall–Kier alpha value is -2.83. The van der Waals surface area contributed by atoms with Gasteiger partial charge in [0, 0.05) is 42.5 Å². The average molecular weight is 638 g/mol. The van der Waals surface area contributed by atoms with Crippen LogP contribution in [-0.4, -0.2) is 66.5 Å². The number of fused-ring (bicyclic) bond motifs is 1. The highest BCUT2D eigenvalue weighted by molar-refractivity contribution is 7.90. The number of thiophene rings is 1. The fourth-order valence-corrected chi connectivity index (χ4v) is 6.82. The summed E-state index contributed by atoms with van der Waals surface area (Å²) in [7, 11) is -2.99. The Balaban J connectivity index is 1.30. The van der Waals surface area contributed by atoms with Crippen LogP contribution in [-0.2, 0) is 9.84 Å². The summed E-state index contributed by atoms with van der Waals surface area (Å²) in [6, 6.07) is 12.7. The Bertz CT molecular complexity index is 1680. The second-order valence-corrected chi connectivity index (χ2v) is 14.2. The summed E-state index contributed by atoms with van der Waals surface area (Å²) in [5.41, 5.74) is 7.98. The number of aromatic nitrogens is 2. The molecule has 1 aliphatic rings. The van der Waals surface area contributed by atoms with Crippen molar-refractivity contribution in [3.8, 4) is 16.5 Å². The highest BCUT2D eigenvalue weighted by Crippen LogP contribution is 2.39. The van der Waals surface area contributed by atoms with Crippen LogP contribution in [0.25, 0.3) is 16.0 Å². The number of halogens is 2. The molecule has 2 N–H and O–H groups in total. The van der Waals surface area contributed by atoms with Crippen molar-refractivity contribution in [2.24, 2.45) is 5.73 Å². The first-order valence-corrected chi connectivity index (χ1v) is 16.7. The van der Waals surface area contributed by atoms with Crippen molar-refractivity contribution in [3.05, 3.63) is 69.3 Å². The molecule has 0 radical (unpaired) electrons. The van der Waals surface area contributed by atoms with Crippen LogP contribution >= 0.6 is 34.5 Å². The number of carbonyl (C=O) groups is 1. The third-order valence-electron chi connectivity index (χ3n) is 7.00. The number of nitrogens with zero attached hydrogens (tertiary/aromatic N) is 3. The first-order chi connectivity index (χ1) is 19.5. The Morgan fingerprint density at radius 3 is 2.63 bits per heavy atom. The largest absolute Gasteiger partial charge is 0.489 e. The lowest BCUT2D eigenvalue weighted by molar-refractivity contribution is 0.0997. The van der Waals surface area contributed by atoms with Crippen molar-refractivity contribution in [2.75, 3.05) is 31.6 Å². The maximum absolute atomic E-state index is 12.3. The number of imidazole rings is 1. The number of piperidine rings is 1. The molecule has 1 amide bonds. The molecule has 9 nitrogen and oxygen atoms in total. The van der Waals surface area contributed by atoms with Gasteiger partial charge in [-0.05, 0) is 44.0 Å². The minimum absolute atomic E-state index is 0.0331. The van der Waals surface area contributed by atoms with Crippen LogP contribution in [0.4, 0.5) is 0 Å². The van der Waals surface area contributed by atoms with E-state index in [1.54, 1.807) is 24.5 Å². The smallest absolute Gasteiger partial charge is 0.262 e. The molecule has 4 aromatic rings. The summed E-state index contributed by atoms with van der Waals surface area (Å²) in [4.78, 5) is 19.2. The van der Waals surface area contributed by atoms with Gasteiger partial charge in [0.1, 0.15) is 49.7 Å². The SMILES string of the molecule is C[C@@H](Oc1cc(-n2cnc3cc(Cl)ccc32)sc1C(N)=O)c1cccc(OC2CCN(CCS(C)(=O)=O)CC2)c1Cl. The molecule has 2 aromatic heterocycles. The van der Waals surface area contributed by atoms with Gasteiger partial charge < -0.3 is 20.1 Å². The molecule has 1 saturated heterocycles. The number of primary amides is 1. The molecule has 0 aliphatic carbocycles. The molecular weight excluding hydrogens is 607 g/mol. The lowest BCUT2D eigenvalue weighted by Gasteiger charge is -2.32. The minimum Gasteiger partial charge on any atom is -0.489 e. The van der Waals surface area contributed by atoms with Crippen molar-refractivity contribution >= 4 is 61.3 Å². The van der Waals surface area contributed by atoms with Crippen molar-refractivity contribution in [2.45, 2.75) is 32.0 Å². The van der Waals surface area contributed by atoms with Gasteiger partial charge in [-0.1, -0.05) is 35.3 Å². The van der Waals surface area contributed by atoms with Gasteiger partial charge in [-0.25, -0.2) is 13.4 Å². The molecule has 3 heterocycles. The zero-order valence-electron chi connectivity index (χ0n) is 22.5. The standard InChI is InChI=1S/C28H30Cl2N4O5S2/c1-17(20-4-3-5-23(26(20)30)39-19-8-10-33(11-9-19)12-13-41(2,36)37)38-24-15-25(40-27(24)28(31)35)34-16-32-21-14-18(29)6-7-22(21)34/h3-7,14-17,19H,8-13H2,1-2H3,(H2,31,35)/t17-/m1/s1. The van der Waals surface area contributed by atoms with Crippen LogP contribution < -0.4 is 15.2 Å². The molecule has 41 heavy (non-hydrogen) atoms. The van der Waals surface area contributed by atoms with Gasteiger partial charge in [0.15, 0.2) is 0 Å². The second kappa shape index (κ2) is 12.2. The van der Waals surface area contributed by atoms with E-state index in [2.05, 4.69) is 9.88 Å². The van der Waals surface area contributed by atoms with Gasteiger partial charge in [-0.15, -0.1) is 11.3 Å². The van der Waals surface area contributed by atoms with Crippen LogP contribution in [0, 0.1) is 0 Å². The molecular formula is C28H30Cl2N4O5S2. The summed E-state index contributed by atoms with van der Waals surface area (Å²) in [6.45, 7) is 3.89. The monoisotopic (exact) mass is 636 g/mol. The summed E-state index contributed by atoms with van der Waals surface area (Å²) in [6.07, 6.45) is 3.92. The van der Waals surface area contributed by atoms with E-state index in [-0.39, 0.29) is 16.7 Å². The molecule has 0 spiro atoms. The molecule has 0 bridgehead atoms. The van der Waals surface area contributed by atoms with Gasteiger partial charge in [0.25, 0.3) is 5.91 Å². The Labute approximate surface area is 252 Å². The molecule has 2 aromatic carbocycles. The normalized spacial score (nSPS) is 15.7. The Kier molecular flexibility index (Phi) is 8.81. The van der Waals surface area contributed by atoms with Gasteiger partial charge >= 0.3 is 0 Å². The van der Waals surface area contributed by atoms with Gasteiger partial charge in [-0.3, -0.25) is 9.36 Å². The zero-order chi connectivity index (χ0) is 29.3. The number of hydrogen-bond donors (Lipinski definition) is 1. The number of amides is 1. The molecule has 5 rings (SSSR count). The summed E-state index contributed by atoms with van der Waals surface area (Å²) < 4.78 is 37.3. The number of nitrogens with two attached hydrogens (primary N) is 1. The molecule has 1 atom stereocenters. The predicted molar refractivity (Wildman–Crippen MR) is 163 cm³/mol. The van der Waals surface area contributed by atoms with Crippen LogP contribution in [0.15, 0.2) is 48.8 Å². The van der Waals surface area contributed by atoms with E-state index >= 15 is 0 Å². The fraction of sp³-hybridized carbons (Fsp3) is 0.357. The number of carbonyl (C=O) groups excluding carboxylic acids is 1. The van der Waals surface area contributed by atoms with Gasteiger partial charge in [-0.2, -0.15) is 0 Å². The van der Waals surface area contributed by atoms with Crippen molar-refractivity contribution in [3.63, 3.8) is 0 Å². The van der Waals surface area contributed by atoms with Crippen molar-refractivity contribution in [1.82, 2.24) is 14.5 Å². The first kappa shape index (κ1) is 29.7. The number of ether oxygens (including phenoxy) is 2. The van der Waals surface area contributed by atoms with E-state index in [4.69, 9.17) is 38.4 Å². The van der Waals surface area contributed by atoms with Crippen molar-refractivity contribution < 1.29 is 22.7 Å². The third-order valence-corrected chi connectivity index (χ3v) is 9.69. The van der Waals surface area contributed by atoms with E-state index in [1.807, 2.05) is 35.8 Å². The van der Waals surface area contributed by atoms with Crippen LogP contribution in [0.2, 0.25) is 10.0 Å². The average Bonchev–Trinajstić information content (AvgIpc) is 3.52. The number of rotatable bonds is 10. The Morgan fingerprint density at radius 2 is 1.93 bits per heavy atom. The minimum atomic E-state index is -2.99. The van der Waals surface area contributed by atoms with Crippen LogP contribution in [0.3, 0.4) is 0 Å². The predicted octanol–water partition coefficient (Wildman–Crippen LogP) is 5.52. The number of hydrogen-bond acceptors (Lipinski definition) is 8. The number of benzene rings is 2. The highest BCUT2D eigenvalue weighted by Gasteiger charge is 2.25. The number of sulfone groups is 1. The highest BCUT2D eigenvalue weighted by atomic mass is 35.5. The van der Waals surface area contributed by atoms with E-state index in [0.29, 0.717) is 33.7 Å². The first-order valence-electron chi connectivity index (χ1n) is 13.1. The topological polar surface area (TPSA) is 117 Å². The summed E-state index contributed by atoms with van der Waals surface area (Å²) in [5, 5.41) is 1.74. The van der Waals surface area contributed by atoms with Gasteiger partial charge in [0.2, 0.25) is 0 Å². The van der Waals surface area contributed by atoms with Crippen LogP contribution in [0.1, 0.15) is 41.1 Å². The maximum Gasteiger partial charge on any atom is 0.262 e.